The van der Waals surface area contributed by atoms with Crippen LogP contribution in [0.5, 0.6) is 11.5 Å². The van der Waals surface area contributed by atoms with E-state index in [0.29, 0.717) is 34.2 Å². The van der Waals surface area contributed by atoms with E-state index >= 15 is 0 Å². The fourth-order valence-corrected chi connectivity index (χ4v) is 10.3. The third kappa shape index (κ3) is 23.3. The Morgan fingerprint density at radius 1 is 0.468 bits per heavy atom. The van der Waals surface area contributed by atoms with Crippen molar-refractivity contribution in [3.63, 3.8) is 0 Å². The number of nitrogen functional groups attached to an aromatic ring is 4. The molecule has 0 amide bonds. The van der Waals surface area contributed by atoms with Gasteiger partial charge in [-0.3, -0.25) is 9.59 Å². The Morgan fingerprint density at radius 3 is 1.13 bits per heavy atom. The van der Waals surface area contributed by atoms with E-state index in [1.807, 2.05) is 62.4 Å². The molecule has 0 saturated heterocycles. The fourth-order valence-electron chi connectivity index (χ4n) is 10.3. The lowest BCUT2D eigenvalue weighted by atomic mass is 9.80. The van der Waals surface area contributed by atoms with Crippen LogP contribution in [0.25, 0.3) is 12.2 Å². The van der Waals surface area contributed by atoms with Gasteiger partial charge in [-0.05, 0) is 158 Å². The van der Waals surface area contributed by atoms with Crippen LogP contribution in [-0.2, 0) is 28.7 Å². The number of hydrogen-bond donors (Lipinski definition) is 4. The summed E-state index contributed by atoms with van der Waals surface area (Å²) in [4.78, 5) is 49.7. The largest absolute Gasteiger partial charge is 0.462 e. The molecule has 12 heteroatoms. The van der Waals surface area contributed by atoms with E-state index in [9.17, 15) is 19.2 Å². The summed E-state index contributed by atoms with van der Waals surface area (Å²) < 4.78 is 22.0. The normalized spacial score (nSPS) is 18.2. The summed E-state index contributed by atoms with van der Waals surface area (Å²) in [5, 5.41) is 0. The monoisotopic (exact) mass is 1050 g/mol. The molecule has 2 saturated carbocycles. The first-order chi connectivity index (χ1) is 37.2. The molecule has 0 heterocycles. The van der Waals surface area contributed by atoms with Gasteiger partial charge in [-0.1, -0.05) is 135 Å². The van der Waals surface area contributed by atoms with E-state index in [-0.39, 0.29) is 48.8 Å². The van der Waals surface area contributed by atoms with Crippen LogP contribution < -0.4 is 32.4 Å². The highest BCUT2D eigenvalue weighted by Gasteiger charge is 2.29. The lowest BCUT2D eigenvalue weighted by Crippen LogP contribution is -2.25. The first-order valence-corrected chi connectivity index (χ1v) is 28.8. The van der Waals surface area contributed by atoms with Gasteiger partial charge < -0.3 is 41.9 Å². The van der Waals surface area contributed by atoms with Crippen molar-refractivity contribution in [3.05, 3.63) is 119 Å². The molecule has 2 aliphatic rings. The number of esters is 4. The predicted octanol–water partition coefficient (Wildman–Crippen LogP) is 15.0. The van der Waals surface area contributed by atoms with Gasteiger partial charge in [-0.25, -0.2) is 9.59 Å². The number of rotatable bonds is 27. The van der Waals surface area contributed by atoms with E-state index in [1.165, 1.54) is 95.6 Å². The number of anilines is 4. The molecule has 0 aromatic heterocycles. The molecule has 2 fully saturated rings. The fraction of sp³-hybridized carbons (Fsp3) is 0.508. The van der Waals surface area contributed by atoms with E-state index in [0.717, 1.165) is 85.5 Å². The van der Waals surface area contributed by atoms with E-state index in [2.05, 4.69) is 13.8 Å². The summed E-state index contributed by atoms with van der Waals surface area (Å²) in [5.74, 6) is 1.39. The van der Waals surface area contributed by atoms with Gasteiger partial charge in [0.05, 0.1) is 25.0 Å². The highest BCUT2D eigenvalue weighted by Crippen LogP contribution is 2.35. The molecule has 4 aromatic rings. The second-order valence-corrected chi connectivity index (χ2v) is 21.8. The van der Waals surface area contributed by atoms with Gasteiger partial charge >= 0.3 is 23.9 Å². The Bertz CT molecular complexity index is 2430. The average molecular weight is 1060 g/mol. The maximum Gasteiger partial charge on any atom is 0.330 e. The van der Waals surface area contributed by atoms with Crippen LogP contribution in [0.1, 0.15) is 197 Å². The number of unbranched alkanes of at least 4 members (excludes halogenated alkanes) is 9. The summed E-state index contributed by atoms with van der Waals surface area (Å²) in [6.45, 7) is 8.85. The van der Waals surface area contributed by atoms with Crippen LogP contribution in [0.15, 0.2) is 97.1 Å². The van der Waals surface area contributed by atoms with Crippen molar-refractivity contribution in [1.82, 2.24) is 0 Å². The topological polar surface area (TPSA) is 209 Å². The van der Waals surface area contributed by atoms with Crippen LogP contribution >= 0.6 is 0 Å². The number of carbonyl (C=O) groups is 4. The molecule has 0 bridgehead atoms. The van der Waals surface area contributed by atoms with Gasteiger partial charge in [0.25, 0.3) is 0 Å². The predicted molar refractivity (Wildman–Crippen MR) is 314 cm³/mol. The van der Waals surface area contributed by atoms with Crippen LogP contribution in [0.4, 0.5) is 22.7 Å². The minimum absolute atomic E-state index is 0.00755. The zero-order chi connectivity index (χ0) is 55.4. The molecule has 0 spiro atoms. The second kappa shape index (κ2) is 33.6. The lowest BCUT2D eigenvalue weighted by molar-refractivity contribution is -0.141. The van der Waals surface area contributed by atoms with Crippen LogP contribution in [0.3, 0.4) is 0 Å². The number of carbonyl (C=O) groups excluding carboxylic acids is 4. The van der Waals surface area contributed by atoms with E-state index in [4.69, 9.17) is 41.9 Å². The Balaban J connectivity index is 0.000000284. The Labute approximate surface area is 460 Å². The van der Waals surface area contributed by atoms with Gasteiger partial charge in [-0.15, -0.1) is 0 Å². The Hall–Kier alpha value is -6.56. The van der Waals surface area contributed by atoms with Gasteiger partial charge in [0.2, 0.25) is 0 Å². The van der Waals surface area contributed by atoms with Crippen molar-refractivity contribution >= 4 is 58.8 Å². The minimum Gasteiger partial charge on any atom is -0.462 e. The summed E-state index contributed by atoms with van der Waals surface area (Å²) in [5.41, 5.74) is 29.2. The molecule has 418 valence electrons. The number of hydrogen-bond acceptors (Lipinski definition) is 12. The first-order valence-electron chi connectivity index (χ1n) is 28.8. The van der Waals surface area contributed by atoms with Gasteiger partial charge in [0, 0.05) is 46.7 Å². The number of nitrogens with two attached hydrogens (primary N) is 4. The lowest BCUT2D eigenvalue weighted by Gasteiger charge is -2.27. The zero-order valence-electron chi connectivity index (χ0n) is 46.7. The zero-order valence-corrected chi connectivity index (χ0v) is 46.7. The van der Waals surface area contributed by atoms with Crippen molar-refractivity contribution in [3.8, 4) is 11.5 Å². The molecule has 0 radical (unpaired) electrons. The molecule has 12 nitrogen and oxygen atoms in total. The highest BCUT2D eigenvalue weighted by molar-refractivity contribution is 5.87. The third-order valence-corrected chi connectivity index (χ3v) is 15.2. The molecule has 8 N–H and O–H groups in total. The van der Waals surface area contributed by atoms with Crippen LogP contribution in [0, 0.1) is 23.7 Å². The van der Waals surface area contributed by atoms with Gasteiger partial charge in [-0.2, -0.15) is 0 Å². The van der Waals surface area contributed by atoms with Gasteiger partial charge in [0.15, 0.2) is 0 Å². The molecule has 0 aliphatic heterocycles. The van der Waals surface area contributed by atoms with Crippen molar-refractivity contribution in [1.29, 1.82) is 0 Å². The summed E-state index contributed by atoms with van der Waals surface area (Å²) in [7, 11) is 0. The van der Waals surface area contributed by atoms with E-state index < -0.39 is 11.9 Å². The number of ether oxygens (including phenoxy) is 4. The minimum atomic E-state index is -0.430. The smallest absolute Gasteiger partial charge is 0.330 e. The quantitative estimate of drug-likeness (QED) is 0.0145. The molecular weight excluding hydrogens is 965 g/mol. The van der Waals surface area contributed by atoms with Crippen LogP contribution in [0.2, 0.25) is 0 Å². The summed E-state index contributed by atoms with van der Waals surface area (Å²) >= 11 is 0. The molecule has 2 unspecified atom stereocenters. The molecule has 6 rings (SSSR count). The molecule has 77 heavy (non-hydrogen) atoms. The third-order valence-electron chi connectivity index (χ3n) is 15.2. The summed E-state index contributed by atoms with van der Waals surface area (Å²) in [6.07, 6.45) is 31.6. The van der Waals surface area contributed by atoms with E-state index in [1.54, 1.807) is 48.6 Å². The van der Waals surface area contributed by atoms with Crippen molar-refractivity contribution < 1.29 is 38.1 Å². The molecule has 2 aliphatic carbocycles. The second-order valence-electron chi connectivity index (χ2n) is 21.8. The average Bonchev–Trinajstić information content (AvgIpc) is 3.42. The SMILES string of the molecule is CCCCCCCC1CCC(C(=O)Oc2ccc(/C=C/C(=O)OCC(C)c3cc(N)cc(N)c3)cc2)CC1.CCCCCCCCC1CCC(C(=O)Oc2ccc(/C=C/C(=O)OCC(C)c3cc(N)cc(N)c3)cc2)CC1. The standard InChI is InChI=1S/C33H46N2O4.C32H44N2O4/c1-3-4-5-6-7-8-9-25-10-15-27(16-11-25)33(37)39-31-17-12-26(13-18-31)14-19-32(36)38-23-24(2)28-20-29(34)22-30(35)21-28;1-3-4-5-6-7-8-24-9-14-26(15-10-24)32(36)38-30-16-11-25(12-17-30)13-18-31(35)37-22-23(2)27-19-28(33)21-29(34)20-27/h12-14,17-22,24-25,27H,3-11,15-16,23,34-35H2,1-2H3;11-13,16-21,23-24,26H,3-10,14-15,22,33-34H2,1-2H3/b19-14+;18-13+. The first kappa shape index (κ1) is 61.3. The maximum atomic E-state index is 12.7. The number of benzene rings is 4. The van der Waals surface area contributed by atoms with Gasteiger partial charge in [0.1, 0.15) is 11.5 Å². The summed E-state index contributed by atoms with van der Waals surface area (Å²) in [6, 6.07) is 25.1. The molecular formula is C65H90N4O8. The van der Waals surface area contributed by atoms with Crippen LogP contribution in [-0.4, -0.2) is 37.1 Å². The molecule has 4 aromatic carbocycles. The van der Waals surface area contributed by atoms with Crippen molar-refractivity contribution in [2.24, 2.45) is 23.7 Å². The highest BCUT2D eigenvalue weighted by atomic mass is 16.5. The maximum absolute atomic E-state index is 12.7. The molecule has 2 atom stereocenters. The Morgan fingerprint density at radius 2 is 0.792 bits per heavy atom. The Kier molecular flexibility index (Phi) is 26.7. The van der Waals surface area contributed by atoms with Crippen molar-refractivity contribution in [2.75, 3.05) is 36.1 Å². The van der Waals surface area contributed by atoms with Crippen molar-refractivity contribution in [2.45, 2.75) is 174 Å².